The van der Waals surface area contributed by atoms with Crippen molar-refractivity contribution < 1.29 is 12.8 Å². The highest BCUT2D eigenvalue weighted by Crippen LogP contribution is 2.14. The normalized spacial score (nSPS) is 11.3. The molecule has 21 heavy (non-hydrogen) atoms. The highest BCUT2D eigenvalue weighted by molar-refractivity contribution is 7.89. The van der Waals surface area contributed by atoms with Crippen molar-refractivity contribution >= 4 is 27.2 Å². The number of rotatable bonds is 5. The van der Waals surface area contributed by atoms with Gasteiger partial charge in [0.25, 0.3) is 0 Å². The molecule has 110 valence electrons. The van der Waals surface area contributed by atoms with Crippen LogP contribution < -0.4 is 10.5 Å². The van der Waals surface area contributed by atoms with Crippen LogP contribution in [0.1, 0.15) is 11.1 Å². The topological polar surface area (TPSA) is 72.2 Å². The maximum absolute atomic E-state index is 13.5. The predicted molar refractivity (Wildman–Crippen MR) is 82.8 cm³/mol. The Hall–Kier alpha value is -1.83. The number of hydrogen-bond donors (Lipinski definition) is 2. The Morgan fingerprint density at radius 3 is 2.33 bits per heavy atom. The molecule has 0 saturated heterocycles. The molecule has 3 N–H and O–H groups in total. The summed E-state index contributed by atoms with van der Waals surface area (Å²) in [6, 6.07) is 12.0. The SMILES string of the molecule is NC(=S)c1ccc(CNS(=O)(=O)c2ccccc2F)cc1. The maximum Gasteiger partial charge on any atom is 0.243 e. The molecule has 7 heteroatoms. The summed E-state index contributed by atoms with van der Waals surface area (Å²) in [6.45, 7) is 0.0499. The quantitative estimate of drug-likeness (QED) is 0.825. The van der Waals surface area contributed by atoms with E-state index in [1.807, 2.05) is 0 Å². The molecule has 2 aromatic carbocycles. The van der Waals surface area contributed by atoms with Gasteiger partial charge in [0.15, 0.2) is 0 Å². The molecule has 0 heterocycles. The van der Waals surface area contributed by atoms with Gasteiger partial charge in [0, 0.05) is 12.1 Å². The second-order valence-corrected chi connectivity index (χ2v) is 6.49. The lowest BCUT2D eigenvalue weighted by Crippen LogP contribution is -2.24. The van der Waals surface area contributed by atoms with Crippen molar-refractivity contribution in [3.63, 3.8) is 0 Å². The molecule has 0 atom stereocenters. The zero-order valence-corrected chi connectivity index (χ0v) is 12.5. The molecule has 0 amide bonds. The molecule has 0 unspecified atom stereocenters. The van der Waals surface area contributed by atoms with Gasteiger partial charge in [-0.05, 0) is 17.7 Å². The number of sulfonamides is 1. The molecule has 0 saturated carbocycles. The smallest absolute Gasteiger partial charge is 0.243 e. The van der Waals surface area contributed by atoms with E-state index in [4.69, 9.17) is 18.0 Å². The van der Waals surface area contributed by atoms with Crippen molar-refractivity contribution in [1.82, 2.24) is 4.72 Å². The predicted octanol–water partition coefficient (Wildman–Crippen LogP) is 1.94. The molecule has 0 radical (unpaired) electrons. The van der Waals surface area contributed by atoms with Crippen molar-refractivity contribution in [2.45, 2.75) is 11.4 Å². The van der Waals surface area contributed by atoms with E-state index in [0.717, 1.165) is 11.6 Å². The summed E-state index contributed by atoms with van der Waals surface area (Å²) >= 11 is 4.83. The molecule has 0 aliphatic heterocycles. The van der Waals surface area contributed by atoms with Gasteiger partial charge in [0.1, 0.15) is 15.7 Å². The summed E-state index contributed by atoms with van der Waals surface area (Å²) in [4.78, 5) is -0.0988. The number of halogens is 1. The van der Waals surface area contributed by atoms with Gasteiger partial charge in [-0.25, -0.2) is 17.5 Å². The minimum absolute atomic E-state index is 0.0499. The molecule has 2 aromatic rings. The van der Waals surface area contributed by atoms with E-state index >= 15 is 0 Å². The first-order valence-electron chi connectivity index (χ1n) is 6.03. The van der Waals surface area contributed by atoms with Crippen LogP contribution in [0, 0.1) is 5.82 Å². The van der Waals surface area contributed by atoms with Gasteiger partial charge < -0.3 is 5.73 Å². The summed E-state index contributed by atoms with van der Waals surface area (Å²) in [6.07, 6.45) is 0. The average Bonchev–Trinajstić information content (AvgIpc) is 2.46. The Kier molecular flexibility index (Phi) is 4.66. The first-order valence-corrected chi connectivity index (χ1v) is 7.92. The van der Waals surface area contributed by atoms with Gasteiger partial charge in [-0.2, -0.15) is 0 Å². The molecule has 2 rings (SSSR count). The van der Waals surface area contributed by atoms with E-state index in [-0.39, 0.29) is 16.4 Å². The third kappa shape index (κ3) is 3.84. The van der Waals surface area contributed by atoms with Gasteiger partial charge in [0.2, 0.25) is 10.0 Å². The van der Waals surface area contributed by atoms with Gasteiger partial charge >= 0.3 is 0 Å². The summed E-state index contributed by atoms with van der Waals surface area (Å²) in [7, 11) is -3.89. The van der Waals surface area contributed by atoms with Crippen molar-refractivity contribution in [2.24, 2.45) is 5.73 Å². The lowest BCUT2D eigenvalue weighted by atomic mass is 10.1. The highest BCUT2D eigenvalue weighted by atomic mass is 32.2. The molecular formula is C14H13FN2O2S2. The summed E-state index contributed by atoms with van der Waals surface area (Å²) < 4.78 is 39.9. The van der Waals surface area contributed by atoms with Gasteiger partial charge in [-0.1, -0.05) is 48.6 Å². The molecule has 0 spiro atoms. The fraction of sp³-hybridized carbons (Fsp3) is 0.0714. The number of benzene rings is 2. The zero-order chi connectivity index (χ0) is 15.5. The van der Waals surface area contributed by atoms with Crippen molar-refractivity contribution in [1.29, 1.82) is 0 Å². The summed E-state index contributed by atoms with van der Waals surface area (Å²) in [5, 5.41) is 0. The second-order valence-electron chi connectivity index (χ2n) is 4.32. The Bertz CT molecular complexity index is 759. The first-order chi connectivity index (χ1) is 9.90. The molecule has 0 aromatic heterocycles. The Balaban J connectivity index is 2.12. The Morgan fingerprint density at radius 1 is 1.14 bits per heavy atom. The minimum atomic E-state index is -3.89. The highest BCUT2D eigenvalue weighted by Gasteiger charge is 2.17. The monoisotopic (exact) mass is 324 g/mol. The third-order valence-corrected chi connectivity index (χ3v) is 4.50. The van der Waals surface area contributed by atoms with E-state index < -0.39 is 15.8 Å². The molecule has 0 fully saturated rings. The van der Waals surface area contributed by atoms with Crippen LogP contribution in [0.4, 0.5) is 4.39 Å². The van der Waals surface area contributed by atoms with Crippen LogP contribution in [-0.2, 0) is 16.6 Å². The van der Waals surface area contributed by atoms with Crippen LogP contribution >= 0.6 is 12.2 Å². The van der Waals surface area contributed by atoms with Crippen molar-refractivity contribution in [3.05, 3.63) is 65.5 Å². The zero-order valence-electron chi connectivity index (χ0n) is 10.9. The Labute approximate surface area is 127 Å². The van der Waals surface area contributed by atoms with Gasteiger partial charge in [-0.15, -0.1) is 0 Å². The maximum atomic E-state index is 13.5. The van der Waals surface area contributed by atoms with Gasteiger partial charge in [-0.3, -0.25) is 0 Å². The summed E-state index contributed by atoms with van der Waals surface area (Å²) in [5.74, 6) is -0.783. The van der Waals surface area contributed by atoms with E-state index in [1.54, 1.807) is 24.3 Å². The van der Waals surface area contributed by atoms with E-state index in [0.29, 0.717) is 5.56 Å². The van der Waals surface area contributed by atoms with Crippen LogP contribution in [0.25, 0.3) is 0 Å². The molecule has 4 nitrogen and oxygen atoms in total. The molecule has 0 bridgehead atoms. The first kappa shape index (κ1) is 15.6. The number of hydrogen-bond acceptors (Lipinski definition) is 3. The van der Waals surface area contributed by atoms with E-state index in [2.05, 4.69) is 4.72 Å². The van der Waals surface area contributed by atoms with Crippen LogP contribution in [0.2, 0.25) is 0 Å². The van der Waals surface area contributed by atoms with Crippen molar-refractivity contribution in [3.8, 4) is 0 Å². The lowest BCUT2D eigenvalue weighted by molar-refractivity contribution is 0.557. The van der Waals surface area contributed by atoms with Crippen LogP contribution in [0.3, 0.4) is 0 Å². The van der Waals surface area contributed by atoms with Crippen LogP contribution in [-0.4, -0.2) is 13.4 Å². The van der Waals surface area contributed by atoms with Gasteiger partial charge in [0.05, 0.1) is 0 Å². The summed E-state index contributed by atoms with van der Waals surface area (Å²) in [5.41, 5.74) is 6.90. The fourth-order valence-corrected chi connectivity index (χ4v) is 2.94. The van der Waals surface area contributed by atoms with E-state index in [9.17, 15) is 12.8 Å². The largest absolute Gasteiger partial charge is 0.389 e. The minimum Gasteiger partial charge on any atom is -0.389 e. The number of nitrogens with two attached hydrogens (primary N) is 1. The Morgan fingerprint density at radius 2 is 1.76 bits per heavy atom. The fourth-order valence-electron chi connectivity index (χ4n) is 1.71. The number of thiocarbonyl (C=S) groups is 1. The van der Waals surface area contributed by atoms with Crippen molar-refractivity contribution in [2.75, 3.05) is 0 Å². The van der Waals surface area contributed by atoms with E-state index in [1.165, 1.54) is 18.2 Å². The molecule has 0 aliphatic carbocycles. The lowest BCUT2D eigenvalue weighted by Gasteiger charge is -2.08. The molecule has 0 aliphatic rings. The van der Waals surface area contributed by atoms with Crippen LogP contribution in [0.15, 0.2) is 53.4 Å². The molecular weight excluding hydrogens is 311 g/mol. The third-order valence-electron chi connectivity index (χ3n) is 2.83. The second kappa shape index (κ2) is 6.30. The number of nitrogens with one attached hydrogen (secondary N) is 1. The standard InChI is InChI=1S/C14H13FN2O2S2/c15-12-3-1-2-4-13(12)21(18,19)17-9-10-5-7-11(8-6-10)14(16)20/h1-8,17H,9H2,(H2,16,20). The van der Waals surface area contributed by atoms with Crippen LogP contribution in [0.5, 0.6) is 0 Å². The average molecular weight is 324 g/mol.